The van der Waals surface area contributed by atoms with Crippen molar-refractivity contribution in [2.45, 2.75) is 33.3 Å². The van der Waals surface area contributed by atoms with Gasteiger partial charge in [-0.05, 0) is 37.6 Å². The molecule has 4 aromatic rings. The number of carboxylic acids is 1. The number of aromatic nitrogens is 2. The molecule has 1 N–H and O–H groups in total. The average Bonchev–Trinajstić information content (AvgIpc) is 3.35. The van der Waals surface area contributed by atoms with Crippen LogP contribution >= 0.6 is 0 Å². The number of oxazole rings is 2. The molecule has 2 heterocycles. The number of carbonyl (C=O) groups is 2. The molecule has 2 aromatic heterocycles. The molecule has 0 unspecified atom stereocenters. The summed E-state index contributed by atoms with van der Waals surface area (Å²) in [5.41, 5.74) is 3.13. The normalized spacial score (nSPS) is 10.8. The van der Waals surface area contributed by atoms with Crippen molar-refractivity contribution in [3.8, 4) is 22.9 Å². The summed E-state index contributed by atoms with van der Waals surface area (Å²) in [5.74, 6) is 0.297. The van der Waals surface area contributed by atoms with Crippen molar-refractivity contribution in [2.75, 3.05) is 0 Å². The fourth-order valence-electron chi connectivity index (χ4n) is 3.29. The number of nitrogens with zero attached hydrogens (tertiary/aromatic N) is 2. The molecule has 0 bridgehead atoms. The molecule has 0 amide bonds. The fourth-order valence-corrected chi connectivity index (χ4v) is 3.29. The van der Waals surface area contributed by atoms with Crippen LogP contribution in [0, 0.1) is 13.8 Å². The van der Waals surface area contributed by atoms with Crippen LogP contribution in [0.2, 0.25) is 0 Å². The van der Waals surface area contributed by atoms with Gasteiger partial charge in [-0.25, -0.2) is 9.97 Å². The van der Waals surface area contributed by atoms with E-state index in [9.17, 15) is 9.59 Å². The highest BCUT2D eigenvalue weighted by Crippen LogP contribution is 2.28. The Labute approximate surface area is 189 Å². The third-order valence-electron chi connectivity index (χ3n) is 5.01. The lowest BCUT2D eigenvalue weighted by atomic mass is 10.1. The summed E-state index contributed by atoms with van der Waals surface area (Å²) >= 11 is 0. The lowest BCUT2D eigenvalue weighted by Crippen LogP contribution is -2.09. The minimum Gasteiger partial charge on any atom is -0.481 e. The molecule has 0 aliphatic heterocycles. The predicted molar refractivity (Wildman–Crippen MR) is 118 cm³/mol. The van der Waals surface area contributed by atoms with Crippen molar-refractivity contribution in [3.05, 3.63) is 83.1 Å². The molecule has 8 nitrogen and oxygen atoms in total. The van der Waals surface area contributed by atoms with Gasteiger partial charge in [-0.3, -0.25) is 9.59 Å². The van der Waals surface area contributed by atoms with E-state index < -0.39 is 11.9 Å². The minimum atomic E-state index is -0.975. The summed E-state index contributed by atoms with van der Waals surface area (Å²) in [7, 11) is 0. The third kappa shape index (κ3) is 5.35. The van der Waals surface area contributed by atoms with E-state index in [-0.39, 0.29) is 19.4 Å². The molecule has 0 atom stereocenters. The van der Waals surface area contributed by atoms with Crippen molar-refractivity contribution < 1.29 is 28.3 Å². The zero-order chi connectivity index (χ0) is 23.4. The molecule has 0 aliphatic carbocycles. The zero-order valence-corrected chi connectivity index (χ0v) is 18.2. The number of rotatable bonds is 8. The van der Waals surface area contributed by atoms with Gasteiger partial charge in [0, 0.05) is 11.1 Å². The van der Waals surface area contributed by atoms with E-state index in [1.165, 1.54) is 0 Å². The van der Waals surface area contributed by atoms with Crippen molar-refractivity contribution >= 4 is 11.9 Å². The lowest BCUT2D eigenvalue weighted by Gasteiger charge is -2.03. The number of esters is 1. The van der Waals surface area contributed by atoms with Crippen LogP contribution in [0.1, 0.15) is 28.5 Å². The average molecular weight is 446 g/mol. The summed E-state index contributed by atoms with van der Waals surface area (Å²) < 4.78 is 16.8. The van der Waals surface area contributed by atoms with Crippen LogP contribution in [-0.2, 0) is 33.8 Å². The summed E-state index contributed by atoms with van der Waals surface area (Å²) in [6.45, 7) is 3.62. The number of benzene rings is 2. The molecule has 0 fully saturated rings. The highest BCUT2D eigenvalue weighted by molar-refractivity contribution is 5.73. The Morgan fingerprint density at radius 3 is 2.00 bits per heavy atom. The first-order valence-corrected chi connectivity index (χ1v) is 10.3. The van der Waals surface area contributed by atoms with Crippen LogP contribution in [0.25, 0.3) is 22.9 Å². The van der Waals surface area contributed by atoms with E-state index in [1.807, 2.05) is 36.4 Å². The van der Waals surface area contributed by atoms with Gasteiger partial charge in [0.25, 0.3) is 0 Å². The van der Waals surface area contributed by atoms with Gasteiger partial charge in [0.2, 0.25) is 11.8 Å². The molecule has 8 heteroatoms. The predicted octanol–water partition coefficient (Wildman–Crippen LogP) is 4.53. The molecule has 4 rings (SSSR count). The van der Waals surface area contributed by atoms with E-state index >= 15 is 0 Å². The quantitative estimate of drug-likeness (QED) is 0.393. The Balaban J connectivity index is 1.48. The second-order valence-corrected chi connectivity index (χ2v) is 7.52. The van der Waals surface area contributed by atoms with Crippen LogP contribution in [-0.4, -0.2) is 27.0 Å². The van der Waals surface area contributed by atoms with Crippen molar-refractivity contribution in [1.82, 2.24) is 9.97 Å². The van der Waals surface area contributed by atoms with Gasteiger partial charge < -0.3 is 18.7 Å². The molecule has 0 aliphatic rings. The maximum Gasteiger partial charge on any atom is 0.312 e. The number of hydrogen-bond acceptors (Lipinski definition) is 7. The van der Waals surface area contributed by atoms with Crippen LogP contribution < -0.4 is 0 Å². The first-order chi connectivity index (χ1) is 15.9. The Morgan fingerprint density at radius 1 is 0.848 bits per heavy atom. The maximum atomic E-state index is 12.3. The van der Waals surface area contributed by atoms with Gasteiger partial charge in [0.05, 0.1) is 24.2 Å². The molecular formula is C25H22N2O6. The number of aryl methyl sites for hydroxylation is 2. The van der Waals surface area contributed by atoms with E-state index in [0.717, 1.165) is 5.56 Å². The summed E-state index contributed by atoms with van der Waals surface area (Å²) in [4.78, 5) is 32.0. The van der Waals surface area contributed by atoms with Crippen molar-refractivity contribution in [3.63, 3.8) is 0 Å². The number of hydrogen-bond donors (Lipinski definition) is 1. The number of aliphatic carboxylic acids is 1. The van der Waals surface area contributed by atoms with E-state index in [1.54, 1.807) is 32.0 Å². The second kappa shape index (κ2) is 9.52. The molecule has 33 heavy (non-hydrogen) atoms. The Bertz CT molecular complexity index is 1290. The monoisotopic (exact) mass is 446 g/mol. The molecule has 0 radical (unpaired) electrons. The number of ether oxygens (including phenoxy) is 1. The third-order valence-corrected chi connectivity index (χ3v) is 5.01. The van der Waals surface area contributed by atoms with Gasteiger partial charge in [-0.2, -0.15) is 0 Å². The van der Waals surface area contributed by atoms with Gasteiger partial charge >= 0.3 is 11.9 Å². The Morgan fingerprint density at radius 2 is 1.42 bits per heavy atom. The molecule has 2 aromatic carbocycles. The summed E-state index contributed by atoms with van der Waals surface area (Å²) in [6, 6.07) is 16.7. The lowest BCUT2D eigenvalue weighted by molar-refractivity contribution is -0.144. The zero-order valence-electron chi connectivity index (χ0n) is 18.2. The van der Waals surface area contributed by atoms with Crippen LogP contribution in [0.4, 0.5) is 0 Å². The first kappa shape index (κ1) is 22.0. The molecule has 0 saturated heterocycles. The van der Waals surface area contributed by atoms with E-state index in [4.69, 9.17) is 18.7 Å². The summed E-state index contributed by atoms with van der Waals surface area (Å²) in [5, 5.41) is 9.01. The topological polar surface area (TPSA) is 116 Å². The number of carbonyl (C=O) groups excluding carboxylic acids is 1. The number of carboxylic acid groups (broad SMARTS) is 1. The molecule has 0 spiro atoms. The summed E-state index contributed by atoms with van der Waals surface area (Å²) in [6.07, 6.45) is -0.211. The van der Waals surface area contributed by atoms with Gasteiger partial charge in [0.1, 0.15) is 18.1 Å². The van der Waals surface area contributed by atoms with Crippen molar-refractivity contribution in [2.24, 2.45) is 0 Å². The standard InChI is InChI=1S/C25H22N2O6/c1-15-20(12-22(28)29)26-24(32-15)18-9-6-10-19(11-18)25-27-21(16(2)33-25)13-23(30)31-14-17-7-4-3-5-8-17/h3-11H,12-14H2,1-2H3,(H,28,29). The molecule has 0 saturated carbocycles. The molecular weight excluding hydrogens is 424 g/mol. The highest BCUT2D eigenvalue weighted by Gasteiger charge is 2.18. The van der Waals surface area contributed by atoms with Crippen LogP contribution in [0.3, 0.4) is 0 Å². The Kier molecular flexibility index (Phi) is 6.35. The minimum absolute atomic E-state index is 0.000655. The largest absolute Gasteiger partial charge is 0.481 e. The highest BCUT2D eigenvalue weighted by atomic mass is 16.5. The first-order valence-electron chi connectivity index (χ1n) is 10.3. The van der Waals surface area contributed by atoms with Crippen LogP contribution in [0.5, 0.6) is 0 Å². The SMILES string of the molecule is Cc1oc(-c2cccc(-c3nc(CC(=O)OCc4ccccc4)c(C)o3)c2)nc1CC(=O)O. The van der Waals surface area contributed by atoms with Gasteiger partial charge in [-0.15, -0.1) is 0 Å². The fraction of sp³-hybridized carbons (Fsp3) is 0.200. The van der Waals surface area contributed by atoms with Crippen molar-refractivity contribution in [1.29, 1.82) is 0 Å². The van der Waals surface area contributed by atoms with Gasteiger partial charge in [0.15, 0.2) is 0 Å². The van der Waals surface area contributed by atoms with E-state index in [0.29, 0.717) is 45.8 Å². The van der Waals surface area contributed by atoms with Crippen LogP contribution in [0.15, 0.2) is 63.4 Å². The maximum absolute atomic E-state index is 12.3. The van der Waals surface area contributed by atoms with Gasteiger partial charge in [-0.1, -0.05) is 36.4 Å². The van der Waals surface area contributed by atoms with E-state index in [2.05, 4.69) is 9.97 Å². The Hall–Kier alpha value is -4.20. The second-order valence-electron chi connectivity index (χ2n) is 7.52. The smallest absolute Gasteiger partial charge is 0.312 e. The molecule has 168 valence electrons.